The first-order valence-corrected chi connectivity index (χ1v) is 12.3. The van der Waals surface area contributed by atoms with Crippen LogP contribution in [0, 0.1) is 18.8 Å². The van der Waals surface area contributed by atoms with E-state index in [0.717, 1.165) is 76.1 Å². The molecule has 3 rings (SSSR count). The normalized spacial score (nSPS) is 20.8. The first-order chi connectivity index (χ1) is 14.7. The lowest BCUT2D eigenvalue weighted by atomic mass is 9.92. The Morgan fingerprint density at radius 1 is 1.13 bits per heavy atom. The molecule has 2 aliphatic rings. The van der Waals surface area contributed by atoms with Crippen LogP contribution >= 0.6 is 23.2 Å². The summed E-state index contributed by atoms with van der Waals surface area (Å²) >= 11 is 12.3. The van der Waals surface area contributed by atoms with E-state index in [1.54, 1.807) is 6.07 Å². The zero-order valence-corrected chi connectivity index (χ0v) is 20.5. The molecule has 1 aromatic rings. The van der Waals surface area contributed by atoms with E-state index in [0.29, 0.717) is 21.9 Å². The maximum absolute atomic E-state index is 11.7. The van der Waals surface area contributed by atoms with Crippen molar-refractivity contribution in [3.05, 3.63) is 27.7 Å². The summed E-state index contributed by atoms with van der Waals surface area (Å²) in [5.41, 5.74) is 0.903. The van der Waals surface area contributed by atoms with Gasteiger partial charge in [-0.15, -0.1) is 0 Å². The van der Waals surface area contributed by atoms with Gasteiger partial charge in [0.25, 0.3) is 0 Å². The number of carboxylic acid groups (broad SMARTS) is 1. The molecule has 2 saturated heterocycles. The van der Waals surface area contributed by atoms with Gasteiger partial charge in [-0.2, -0.15) is 0 Å². The van der Waals surface area contributed by atoms with E-state index >= 15 is 0 Å². The zero-order chi connectivity index (χ0) is 22.5. The zero-order valence-electron chi connectivity index (χ0n) is 18.9. The summed E-state index contributed by atoms with van der Waals surface area (Å²) in [5, 5.41) is 10.7. The van der Waals surface area contributed by atoms with E-state index in [4.69, 9.17) is 27.9 Å². The van der Waals surface area contributed by atoms with Crippen molar-refractivity contribution in [1.29, 1.82) is 0 Å². The quantitative estimate of drug-likeness (QED) is 0.554. The lowest BCUT2D eigenvalue weighted by molar-refractivity contribution is -0.144. The summed E-state index contributed by atoms with van der Waals surface area (Å²) in [6, 6.07) is 3.37. The first kappa shape index (κ1) is 24.6. The molecule has 0 unspecified atom stereocenters. The molecule has 0 radical (unpaired) electrons. The van der Waals surface area contributed by atoms with Gasteiger partial charge in [0.05, 0.1) is 10.0 Å². The highest BCUT2D eigenvalue weighted by atomic mass is 35.5. The molecular weight excluding hydrogens is 435 g/mol. The molecule has 7 heteroatoms. The smallest absolute Gasteiger partial charge is 0.320 e. The van der Waals surface area contributed by atoms with Crippen LogP contribution in [0.3, 0.4) is 0 Å². The van der Waals surface area contributed by atoms with Crippen LogP contribution in [-0.2, 0) is 4.79 Å². The van der Waals surface area contributed by atoms with Gasteiger partial charge in [0, 0.05) is 25.2 Å². The minimum Gasteiger partial charge on any atom is -0.490 e. The number of nitrogens with zero attached hydrogens (tertiary/aromatic N) is 2. The van der Waals surface area contributed by atoms with Crippen LogP contribution in [-0.4, -0.2) is 65.7 Å². The summed E-state index contributed by atoms with van der Waals surface area (Å²) in [6.07, 6.45) is 5.12. The molecule has 0 bridgehead atoms. The minimum atomic E-state index is -0.675. The van der Waals surface area contributed by atoms with Crippen molar-refractivity contribution in [2.45, 2.75) is 65.0 Å². The van der Waals surface area contributed by atoms with Crippen LogP contribution in [0.2, 0.25) is 10.0 Å². The number of hydrogen-bond donors (Lipinski definition) is 1. The highest BCUT2D eigenvalue weighted by Crippen LogP contribution is 2.33. The molecule has 5 nitrogen and oxygen atoms in total. The first-order valence-electron chi connectivity index (χ1n) is 11.5. The number of ether oxygens (including phenoxy) is 1. The number of carbonyl (C=O) groups is 1. The van der Waals surface area contributed by atoms with Crippen molar-refractivity contribution < 1.29 is 14.6 Å². The van der Waals surface area contributed by atoms with E-state index in [2.05, 4.69) is 23.6 Å². The second kappa shape index (κ2) is 11.2. The third-order valence-electron chi connectivity index (χ3n) is 6.70. The largest absolute Gasteiger partial charge is 0.490 e. The molecule has 1 aromatic carbocycles. The number of hydrogen-bond acceptors (Lipinski definition) is 4. The highest BCUT2D eigenvalue weighted by Gasteiger charge is 2.31. The maximum Gasteiger partial charge on any atom is 0.320 e. The van der Waals surface area contributed by atoms with Crippen LogP contribution in [0.5, 0.6) is 5.75 Å². The predicted octanol–water partition coefficient (Wildman–Crippen LogP) is 5.36. The van der Waals surface area contributed by atoms with E-state index in [-0.39, 0.29) is 12.1 Å². The molecule has 174 valence electrons. The Labute approximate surface area is 196 Å². The summed E-state index contributed by atoms with van der Waals surface area (Å²) in [7, 11) is 0. The number of halogens is 2. The van der Waals surface area contributed by atoms with Crippen molar-refractivity contribution in [2.75, 3.05) is 32.7 Å². The average Bonchev–Trinajstić information content (AvgIpc) is 2.74. The lowest BCUT2D eigenvalue weighted by Gasteiger charge is -2.39. The van der Waals surface area contributed by atoms with Gasteiger partial charge in [0.1, 0.15) is 17.9 Å². The molecule has 1 N–H and O–H groups in total. The van der Waals surface area contributed by atoms with Crippen LogP contribution < -0.4 is 4.74 Å². The minimum absolute atomic E-state index is 0.210. The van der Waals surface area contributed by atoms with E-state index in [1.807, 2.05) is 13.0 Å². The number of piperidine rings is 2. The second-order valence-electron chi connectivity index (χ2n) is 9.57. The van der Waals surface area contributed by atoms with Gasteiger partial charge >= 0.3 is 5.97 Å². The van der Waals surface area contributed by atoms with Crippen molar-refractivity contribution in [2.24, 2.45) is 11.8 Å². The topological polar surface area (TPSA) is 53.0 Å². The molecule has 0 aromatic heterocycles. The fraction of sp³-hybridized carbons (Fsp3) is 0.708. The molecule has 2 fully saturated rings. The number of carboxylic acids is 1. The Morgan fingerprint density at radius 3 is 2.35 bits per heavy atom. The summed E-state index contributed by atoms with van der Waals surface area (Å²) in [5.74, 6) is 1.20. The molecule has 0 amide bonds. The van der Waals surface area contributed by atoms with E-state index in [1.165, 1.54) is 0 Å². The van der Waals surface area contributed by atoms with Crippen LogP contribution in [0.4, 0.5) is 0 Å². The number of aliphatic carboxylic acids is 1. The van der Waals surface area contributed by atoms with Crippen molar-refractivity contribution in [3.63, 3.8) is 0 Å². The van der Waals surface area contributed by atoms with Gasteiger partial charge < -0.3 is 14.7 Å². The van der Waals surface area contributed by atoms with Gasteiger partial charge in [-0.05, 0) is 76.1 Å². The number of benzene rings is 1. The fourth-order valence-corrected chi connectivity index (χ4v) is 5.18. The molecule has 0 spiro atoms. The molecule has 0 saturated carbocycles. The van der Waals surface area contributed by atoms with Gasteiger partial charge in [0.2, 0.25) is 0 Å². The van der Waals surface area contributed by atoms with Crippen molar-refractivity contribution in [3.8, 4) is 5.75 Å². The Hall–Kier alpha value is -1.01. The Balaban J connectivity index is 1.42. The highest BCUT2D eigenvalue weighted by molar-refractivity contribution is 6.42. The maximum atomic E-state index is 11.7. The molecular formula is C24H36Cl2N2O3. The third kappa shape index (κ3) is 6.74. The average molecular weight is 471 g/mol. The Morgan fingerprint density at radius 2 is 1.77 bits per heavy atom. The van der Waals surface area contributed by atoms with Crippen LogP contribution in [0.25, 0.3) is 0 Å². The molecule has 2 heterocycles. The molecule has 0 aliphatic carbocycles. The monoisotopic (exact) mass is 470 g/mol. The summed E-state index contributed by atoms with van der Waals surface area (Å²) < 4.78 is 6.22. The standard InChI is InChI=1S/C24H36Cl2N2O3/c1-16(2)14-21(24(29)30)28-12-6-18(7-13-28)15-27-10-8-19(9-11-27)31-22-5-4-20(25)23(26)17(22)3/h4-5,16,18-19,21H,6-15H2,1-3H3,(H,29,30)/t21-/m0/s1. The van der Waals surface area contributed by atoms with Gasteiger partial charge in [-0.3, -0.25) is 9.69 Å². The van der Waals surface area contributed by atoms with Gasteiger partial charge in [-0.25, -0.2) is 0 Å². The third-order valence-corrected chi connectivity index (χ3v) is 7.60. The lowest BCUT2D eigenvalue weighted by Crippen LogP contribution is -2.48. The molecule has 2 aliphatic heterocycles. The molecule has 31 heavy (non-hydrogen) atoms. The van der Waals surface area contributed by atoms with Crippen LogP contribution in [0.1, 0.15) is 51.5 Å². The van der Waals surface area contributed by atoms with Crippen LogP contribution in [0.15, 0.2) is 12.1 Å². The summed E-state index contributed by atoms with van der Waals surface area (Å²) in [6.45, 7) is 11.1. The number of rotatable bonds is 8. The van der Waals surface area contributed by atoms with Gasteiger partial charge in [-0.1, -0.05) is 37.0 Å². The Kier molecular flexibility index (Phi) is 8.91. The second-order valence-corrected chi connectivity index (χ2v) is 10.4. The van der Waals surface area contributed by atoms with E-state index < -0.39 is 5.97 Å². The van der Waals surface area contributed by atoms with Crippen molar-refractivity contribution in [1.82, 2.24) is 9.80 Å². The van der Waals surface area contributed by atoms with Crippen molar-refractivity contribution >= 4 is 29.2 Å². The van der Waals surface area contributed by atoms with Gasteiger partial charge in [0.15, 0.2) is 0 Å². The summed E-state index contributed by atoms with van der Waals surface area (Å²) in [4.78, 5) is 16.4. The predicted molar refractivity (Wildman–Crippen MR) is 126 cm³/mol. The Bertz CT molecular complexity index is 743. The fourth-order valence-electron chi connectivity index (χ4n) is 4.82. The van der Waals surface area contributed by atoms with E-state index in [9.17, 15) is 9.90 Å². The SMILES string of the molecule is Cc1c(OC2CCN(CC3CCN([C@@H](CC(C)C)C(=O)O)CC3)CC2)ccc(Cl)c1Cl. The number of likely N-dealkylation sites (tertiary alicyclic amines) is 2. The molecule has 1 atom stereocenters.